The van der Waals surface area contributed by atoms with Gasteiger partial charge in [0.1, 0.15) is 0 Å². The zero-order valence-corrected chi connectivity index (χ0v) is 16.6. The van der Waals surface area contributed by atoms with E-state index < -0.39 is 0 Å². The summed E-state index contributed by atoms with van der Waals surface area (Å²) >= 11 is 0. The molecule has 2 aromatic carbocycles. The first-order valence-electron chi connectivity index (χ1n) is 10.3. The van der Waals surface area contributed by atoms with Crippen molar-refractivity contribution in [3.63, 3.8) is 0 Å². The smallest absolute Gasteiger partial charge is 0.269 e. The van der Waals surface area contributed by atoms with E-state index in [1.807, 2.05) is 18.2 Å². The van der Waals surface area contributed by atoms with Gasteiger partial charge in [-0.25, -0.2) is 0 Å². The second-order valence-electron chi connectivity index (χ2n) is 7.07. The van der Waals surface area contributed by atoms with E-state index in [2.05, 4.69) is 29.6 Å². The molecule has 0 saturated carbocycles. The van der Waals surface area contributed by atoms with Gasteiger partial charge in [-0.3, -0.25) is 10.1 Å². The molecule has 0 heterocycles. The van der Waals surface area contributed by atoms with Crippen LogP contribution in [0.25, 0.3) is 0 Å². The molecule has 0 fully saturated rings. The van der Waals surface area contributed by atoms with Crippen molar-refractivity contribution in [1.82, 2.24) is 5.32 Å². The Morgan fingerprint density at radius 2 is 1.46 bits per heavy atom. The summed E-state index contributed by atoms with van der Waals surface area (Å²) in [6, 6.07) is 17.3. The highest BCUT2D eigenvalue weighted by molar-refractivity contribution is 5.32. The van der Waals surface area contributed by atoms with Gasteiger partial charge in [-0.2, -0.15) is 0 Å². The Morgan fingerprint density at radius 3 is 2.18 bits per heavy atom. The van der Waals surface area contributed by atoms with Crippen LogP contribution in [0.2, 0.25) is 0 Å². The molecule has 152 valence electrons. The third kappa shape index (κ3) is 9.62. The Labute approximate surface area is 168 Å². The van der Waals surface area contributed by atoms with Crippen LogP contribution in [0.1, 0.15) is 49.7 Å². The van der Waals surface area contributed by atoms with Crippen LogP contribution in [0.5, 0.6) is 0 Å². The van der Waals surface area contributed by atoms with Crippen LogP contribution in [0, 0.1) is 10.1 Å². The minimum Gasteiger partial charge on any atom is -0.381 e. The summed E-state index contributed by atoms with van der Waals surface area (Å²) in [6.45, 7) is 3.66. The van der Waals surface area contributed by atoms with Gasteiger partial charge in [0.25, 0.3) is 5.69 Å². The van der Waals surface area contributed by atoms with E-state index in [-0.39, 0.29) is 10.6 Å². The van der Waals surface area contributed by atoms with E-state index >= 15 is 0 Å². The maximum Gasteiger partial charge on any atom is 0.269 e. The first kappa shape index (κ1) is 22.1. The molecule has 0 aliphatic carbocycles. The number of benzene rings is 2. The fourth-order valence-corrected chi connectivity index (χ4v) is 3.06. The summed E-state index contributed by atoms with van der Waals surface area (Å²) in [7, 11) is 0. The van der Waals surface area contributed by atoms with Crippen LogP contribution >= 0.6 is 0 Å². The van der Waals surface area contributed by atoms with E-state index in [1.54, 1.807) is 12.1 Å². The maximum absolute atomic E-state index is 10.6. The Balaban J connectivity index is 1.34. The zero-order valence-electron chi connectivity index (χ0n) is 16.6. The Morgan fingerprint density at radius 1 is 0.786 bits per heavy atom. The Bertz CT molecular complexity index is 659. The van der Waals surface area contributed by atoms with Crippen molar-refractivity contribution >= 4 is 5.69 Å². The van der Waals surface area contributed by atoms with Gasteiger partial charge in [-0.1, -0.05) is 55.3 Å². The molecule has 0 unspecified atom stereocenters. The normalized spacial score (nSPS) is 10.9. The number of rotatable bonds is 15. The average Bonchev–Trinajstić information content (AvgIpc) is 2.72. The van der Waals surface area contributed by atoms with Gasteiger partial charge < -0.3 is 10.1 Å². The van der Waals surface area contributed by atoms with Gasteiger partial charge in [-0.15, -0.1) is 0 Å². The molecule has 5 heteroatoms. The number of nitro groups is 1. The van der Waals surface area contributed by atoms with Gasteiger partial charge in [0.05, 0.1) is 4.92 Å². The predicted molar refractivity (Wildman–Crippen MR) is 113 cm³/mol. The molecule has 0 amide bonds. The highest BCUT2D eigenvalue weighted by Gasteiger charge is 2.03. The minimum absolute atomic E-state index is 0.152. The van der Waals surface area contributed by atoms with Crippen LogP contribution in [0.4, 0.5) is 5.69 Å². The number of nitro benzene ring substituents is 1. The Hall–Kier alpha value is -2.24. The topological polar surface area (TPSA) is 64.4 Å². The summed E-state index contributed by atoms with van der Waals surface area (Å²) in [6.07, 6.45) is 7.81. The predicted octanol–water partition coefficient (Wildman–Crippen LogP) is 5.28. The maximum atomic E-state index is 10.6. The monoisotopic (exact) mass is 384 g/mol. The largest absolute Gasteiger partial charge is 0.381 e. The quantitative estimate of drug-likeness (QED) is 0.258. The number of ether oxygens (including phenoxy) is 1. The number of nitrogens with zero attached hydrogens (tertiary/aromatic N) is 1. The van der Waals surface area contributed by atoms with Crippen molar-refractivity contribution in [1.29, 1.82) is 0 Å². The fourth-order valence-electron chi connectivity index (χ4n) is 3.06. The first-order chi connectivity index (χ1) is 13.8. The van der Waals surface area contributed by atoms with Crippen molar-refractivity contribution in [3.05, 3.63) is 75.8 Å². The molecule has 0 spiro atoms. The van der Waals surface area contributed by atoms with E-state index in [0.717, 1.165) is 57.6 Å². The molecule has 2 rings (SSSR count). The van der Waals surface area contributed by atoms with Crippen molar-refractivity contribution < 1.29 is 9.66 Å². The number of nitrogens with one attached hydrogen (secondary N) is 1. The lowest BCUT2D eigenvalue weighted by Gasteiger charge is -2.06. The lowest BCUT2D eigenvalue weighted by atomic mass is 10.1. The lowest BCUT2D eigenvalue weighted by molar-refractivity contribution is -0.384. The van der Waals surface area contributed by atoms with Crippen molar-refractivity contribution in [3.8, 4) is 0 Å². The highest BCUT2D eigenvalue weighted by atomic mass is 16.6. The molecule has 1 N–H and O–H groups in total. The van der Waals surface area contributed by atoms with E-state index in [9.17, 15) is 10.1 Å². The molecule has 5 nitrogen and oxygen atoms in total. The molecule has 0 radical (unpaired) electrons. The van der Waals surface area contributed by atoms with Crippen molar-refractivity contribution in [2.45, 2.75) is 51.5 Å². The average molecular weight is 385 g/mol. The van der Waals surface area contributed by atoms with Crippen LogP contribution in [-0.2, 0) is 17.7 Å². The number of non-ortho nitro benzene ring substituents is 1. The van der Waals surface area contributed by atoms with Crippen LogP contribution in [-0.4, -0.2) is 24.7 Å². The van der Waals surface area contributed by atoms with Gasteiger partial charge in [-0.05, 0) is 49.8 Å². The molecular formula is C23H32N2O3. The molecule has 0 aromatic heterocycles. The number of aryl methyl sites for hydroxylation is 1. The molecule has 0 aliphatic rings. The molecule has 0 aliphatic heterocycles. The Kier molecular flexibility index (Phi) is 10.9. The van der Waals surface area contributed by atoms with Crippen molar-refractivity contribution in [2.75, 3.05) is 19.8 Å². The zero-order chi connectivity index (χ0) is 19.9. The molecule has 0 bridgehead atoms. The van der Waals surface area contributed by atoms with Crippen LogP contribution in [0.15, 0.2) is 54.6 Å². The molecule has 2 aromatic rings. The number of unbranched alkanes of at least 4 members (excludes halogenated alkanes) is 4. The standard InChI is InChI=1S/C23H32N2O3/c26-25(27)23-15-13-21(14-16-23)10-6-9-19-28-18-8-2-1-7-17-24-20-22-11-4-3-5-12-22/h3-5,11-16,24H,1-2,6-10,17-20H2. The molecule has 0 saturated heterocycles. The third-order valence-corrected chi connectivity index (χ3v) is 4.72. The van der Waals surface area contributed by atoms with E-state index in [0.29, 0.717) is 0 Å². The van der Waals surface area contributed by atoms with E-state index in [1.165, 1.54) is 24.8 Å². The summed E-state index contributed by atoms with van der Waals surface area (Å²) < 4.78 is 5.70. The summed E-state index contributed by atoms with van der Waals surface area (Å²) in [5.41, 5.74) is 2.63. The molecule has 28 heavy (non-hydrogen) atoms. The fraction of sp³-hybridized carbons (Fsp3) is 0.478. The third-order valence-electron chi connectivity index (χ3n) is 4.72. The highest BCUT2D eigenvalue weighted by Crippen LogP contribution is 2.13. The molecule has 0 atom stereocenters. The second-order valence-corrected chi connectivity index (χ2v) is 7.07. The van der Waals surface area contributed by atoms with Gasteiger partial charge in [0, 0.05) is 31.9 Å². The van der Waals surface area contributed by atoms with Gasteiger partial charge >= 0.3 is 0 Å². The van der Waals surface area contributed by atoms with Crippen molar-refractivity contribution in [2.24, 2.45) is 0 Å². The summed E-state index contributed by atoms with van der Waals surface area (Å²) in [5.74, 6) is 0. The SMILES string of the molecule is O=[N+]([O-])c1ccc(CCCCOCCCCCCNCc2ccccc2)cc1. The molecular weight excluding hydrogens is 352 g/mol. The second kappa shape index (κ2) is 13.9. The van der Waals surface area contributed by atoms with Gasteiger partial charge in [0.15, 0.2) is 0 Å². The van der Waals surface area contributed by atoms with Crippen LogP contribution < -0.4 is 5.32 Å². The van der Waals surface area contributed by atoms with Gasteiger partial charge in [0.2, 0.25) is 0 Å². The lowest BCUT2D eigenvalue weighted by Crippen LogP contribution is -2.14. The van der Waals surface area contributed by atoms with E-state index in [4.69, 9.17) is 4.74 Å². The summed E-state index contributed by atoms with van der Waals surface area (Å²) in [5, 5.41) is 14.1. The number of hydrogen-bond acceptors (Lipinski definition) is 4. The van der Waals surface area contributed by atoms with Crippen LogP contribution in [0.3, 0.4) is 0 Å². The number of hydrogen-bond donors (Lipinski definition) is 1. The minimum atomic E-state index is -0.362. The summed E-state index contributed by atoms with van der Waals surface area (Å²) in [4.78, 5) is 10.3. The first-order valence-corrected chi connectivity index (χ1v) is 10.3.